The van der Waals surface area contributed by atoms with E-state index >= 15 is 0 Å². The average Bonchev–Trinajstić information content (AvgIpc) is 3.00. The predicted octanol–water partition coefficient (Wildman–Crippen LogP) is 2.21. The van der Waals surface area contributed by atoms with Crippen LogP contribution in [0.2, 0.25) is 0 Å². The number of piperidine rings is 1. The van der Waals surface area contributed by atoms with Crippen LogP contribution in [0.25, 0.3) is 0 Å². The van der Waals surface area contributed by atoms with Crippen molar-refractivity contribution in [2.45, 2.75) is 25.7 Å². The lowest BCUT2D eigenvalue weighted by Crippen LogP contribution is -2.38. The van der Waals surface area contributed by atoms with Gasteiger partial charge >= 0.3 is 0 Å². The van der Waals surface area contributed by atoms with Crippen molar-refractivity contribution < 1.29 is 4.79 Å². The first-order valence-electron chi connectivity index (χ1n) is 8.38. The molecule has 2 aromatic heterocycles. The zero-order valence-electron chi connectivity index (χ0n) is 14.9. The fourth-order valence-electron chi connectivity index (χ4n) is 3.24. The maximum Gasteiger partial charge on any atom is 0.257 e. The van der Waals surface area contributed by atoms with Gasteiger partial charge in [-0.25, -0.2) is 0 Å². The van der Waals surface area contributed by atoms with Crippen LogP contribution in [-0.2, 0) is 7.05 Å². The first-order valence-corrected chi connectivity index (χ1v) is 8.38. The molecule has 1 saturated heterocycles. The number of anilines is 1. The minimum atomic E-state index is 0.0766. The van der Waals surface area contributed by atoms with E-state index in [1.807, 2.05) is 33.0 Å². The Morgan fingerprint density at radius 2 is 1.96 bits per heavy atom. The molecule has 6 nitrogen and oxygen atoms in total. The van der Waals surface area contributed by atoms with Gasteiger partial charge in [-0.15, -0.1) is 0 Å². The monoisotopic (exact) mass is 327 g/mol. The number of hydrogen-bond donors (Lipinski definition) is 0. The van der Waals surface area contributed by atoms with Crippen molar-refractivity contribution in [2.75, 3.05) is 32.1 Å². The van der Waals surface area contributed by atoms with Crippen LogP contribution in [0.5, 0.6) is 0 Å². The molecule has 6 heteroatoms. The number of carbonyl (C=O) groups excluding carboxylic acids is 1. The second-order valence-corrected chi connectivity index (χ2v) is 6.76. The molecule has 3 rings (SSSR count). The second kappa shape index (κ2) is 6.63. The van der Waals surface area contributed by atoms with E-state index in [1.165, 1.54) is 5.69 Å². The molecule has 0 radical (unpaired) electrons. The van der Waals surface area contributed by atoms with E-state index in [0.29, 0.717) is 11.5 Å². The Morgan fingerprint density at radius 3 is 2.54 bits per heavy atom. The Labute approximate surface area is 143 Å². The summed E-state index contributed by atoms with van der Waals surface area (Å²) >= 11 is 0. The summed E-state index contributed by atoms with van der Waals surface area (Å²) in [6.45, 7) is 3.58. The number of aryl methyl sites for hydroxylation is 2. The van der Waals surface area contributed by atoms with Crippen molar-refractivity contribution in [2.24, 2.45) is 7.05 Å². The number of hydrogen-bond acceptors (Lipinski definition) is 4. The van der Waals surface area contributed by atoms with Crippen molar-refractivity contribution in [3.05, 3.63) is 41.5 Å². The summed E-state index contributed by atoms with van der Waals surface area (Å²) in [7, 11) is 5.93. The van der Waals surface area contributed by atoms with Crippen LogP contribution in [0, 0.1) is 6.92 Å². The molecule has 0 atom stereocenters. The lowest BCUT2D eigenvalue weighted by Gasteiger charge is -2.32. The Hall–Kier alpha value is -2.37. The summed E-state index contributed by atoms with van der Waals surface area (Å²) in [5.41, 5.74) is 4.04. The summed E-state index contributed by atoms with van der Waals surface area (Å²) < 4.78 is 1.67. The van der Waals surface area contributed by atoms with Crippen LogP contribution >= 0.6 is 0 Å². The summed E-state index contributed by atoms with van der Waals surface area (Å²) in [6.07, 6.45) is 5.32. The van der Waals surface area contributed by atoms with E-state index in [4.69, 9.17) is 4.98 Å². The molecule has 0 aliphatic carbocycles. The van der Waals surface area contributed by atoms with Gasteiger partial charge in [0.05, 0.1) is 11.8 Å². The third-order valence-electron chi connectivity index (χ3n) is 4.63. The Bertz CT molecular complexity index is 729. The van der Waals surface area contributed by atoms with E-state index in [9.17, 15) is 4.79 Å². The SMILES string of the molecule is Cc1cc(N(C)C)cc(C2CCN(C(=O)c3cnn(C)c3)CC2)n1. The van der Waals surface area contributed by atoms with E-state index in [2.05, 4.69) is 22.1 Å². The molecule has 1 fully saturated rings. The first-order chi connectivity index (χ1) is 11.4. The standard InChI is InChI=1S/C18H25N5O/c1-13-9-16(21(2)3)10-17(20-13)14-5-7-23(8-6-14)18(24)15-11-19-22(4)12-15/h9-12,14H,5-8H2,1-4H3. The van der Waals surface area contributed by atoms with Crippen molar-refractivity contribution in [3.63, 3.8) is 0 Å². The highest BCUT2D eigenvalue weighted by Gasteiger charge is 2.26. The van der Waals surface area contributed by atoms with E-state index in [1.54, 1.807) is 17.1 Å². The topological polar surface area (TPSA) is 54.3 Å². The van der Waals surface area contributed by atoms with Crippen LogP contribution in [0.1, 0.15) is 40.5 Å². The molecule has 0 saturated carbocycles. The third kappa shape index (κ3) is 3.42. The van der Waals surface area contributed by atoms with Gasteiger partial charge in [-0.2, -0.15) is 5.10 Å². The molecule has 0 bridgehead atoms. The van der Waals surface area contributed by atoms with Crippen LogP contribution in [-0.4, -0.2) is 52.8 Å². The number of rotatable bonds is 3. The van der Waals surface area contributed by atoms with Crippen LogP contribution < -0.4 is 4.90 Å². The zero-order valence-corrected chi connectivity index (χ0v) is 14.9. The second-order valence-electron chi connectivity index (χ2n) is 6.76. The highest BCUT2D eigenvalue weighted by atomic mass is 16.2. The lowest BCUT2D eigenvalue weighted by atomic mass is 9.92. The number of nitrogens with zero attached hydrogens (tertiary/aromatic N) is 5. The quantitative estimate of drug-likeness (QED) is 0.867. The van der Waals surface area contributed by atoms with Crippen molar-refractivity contribution >= 4 is 11.6 Å². The molecule has 2 aromatic rings. The van der Waals surface area contributed by atoms with Gasteiger partial charge in [0, 0.05) is 63.4 Å². The average molecular weight is 327 g/mol. The van der Waals surface area contributed by atoms with Gasteiger partial charge in [-0.05, 0) is 31.9 Å². The Balaban J connectivity index is 1.68. The highest BCUT2D eigenvalue weighted by molar-refractivity contribution is 5.93. The van der Waals surface area contributed by atoms with E-state index in [0.717, 1.165) is 37.3 Å². The van der Waals surface area contributed by atoms with Gasteiger partial charge in [0.15, 0.2) is 0 Å². The molecule has 3 heterocycles. The molecule has 1 amide bonds. The molecular weight excluding hydrogens is 302 g/mol. The molecule has 1 aliphatic heterocycles. The summed E-state index contributed by atoms with van der Waals surface area (Å²) in [5.74, 6) is 0.495. The van der Waals surface area contributed by atoms with Gasteiger partial charge < -0.3 is 9.80 Å². The minimum absolute atomic E-state index is 0.0766. The Kier molecular flexibility index (Phi) is 4.55. The van der Waals surface area contributed by atoms with Gasteiger partial charge in [-0.1, -0.05) is 0 Å². The molecule has 1 aliphatic rings. The van der Waals surface area contributed by atoms with Crippen LogP contribution in [0.4, 0.5) is 5.69 Å². The summed E-state index contributed by atoms with van der Waals surface area (Å²) in [4.78, 5) is 21.3. The van der Waals surface area contributed by atoms with Crippen LogP contribution in [0.15, 0.2) is 24.5 Å². The van der Waals surface area contributed by atoms with E-state index in [-0.39, 0.29) is 5.91 Å². The van der Waals surface area contributed by atoms with E-state index < -0.39 is 0 Å². The first kappa shape index (κ1) is 16.5. The highest BCUT2D eigenvalue weighted by Crippen LogP contribution is 2.29. The lowest BCUT2D eigenvalue weighted by molar-refractivity contribution is 0.0712. The molecule has 0 spiro atoms. The third-order valence-corrected chi connectivity index (χ3v) is 4.63. The largest absolute Gasteiger partial charge is 0.378 e. The number of amides is 1. The van der Waals surface area contributed by atoms with Gasteiger partial charge in [0.2, 0.25) is 0 Å². The number of likely N-dealkylation sites (tertiary alicyclic amines) is 1. The molecule has 0 unspecified atom stereocenters. The maximum absolute atomic E-state index is 12.5. The smallest absolute Gasteiger partial charge is 0.257 e. The van der Waals surface area contributed by atoms with Crippen molar-refractivity contribution in [1.82, 2.24) is 19.7 Å². The van der Waals surface area contributed by atoms with Gasteiger partial charge in [0.25, 0.3) is 5.91 Å². The van der Waals surface area contributed by atoms with Crippen molar-refractivity contribution in [3.8, 4) is 0 Å². The molecule has 0 aromatic carbocycles. The molecule has 24 heavy (non-hydrogen) atoms. The zero-order chi connectivity index (χ0) is 17.3. The Morgan fingerprint density at radius 1 is 1.25 bits per heavy atom. The summed E-state index contributed by atoms with van der Waals surface area (Å²) in [6, 6.07) is 4.28. The van der Waals surface area contributed by atoms with Crippen LogP contribution in [0.3, 0.4) is 0 Å². The van der Waals surface area contributed by atoms with Crippen molar-refractivity contribution in [1.29, 1.82) is 0 Å². The molecular formula is C18H25N5O. The minimum Gasteiger partial charge on any atom is -0.378 e. The fourth-order valence-corrected chi connectivity index (χ4v) is 3.24. The summed E-state index contributed by atoms with van der Waals surface area (Å²) in [5, 5.41) is 4.09. The normalized spacial score (nSPS) is 15.6. The number of pyridine rings is 1. The molecule has 0 N–H and O–H groups in total. The number of carbonyl (C=O) groups is 1. The van der Waals surface area contributed by atoms with Gasteiger partial charge in [0.1, 0.15) is 0 Å². The molecule has 128 valence electrons. The number of aromatic nitrogens is 3. The maximum atomic E-state index is 12.5. The van der Waals surface area contributed by atoms with Gasteiger partial charge in [-0.3, -0.25) is 14.5 Å². The predicted molar refractivity (Wildman–Crippen MR) is 94.4 cm³/mol. The fraction of sp³-hybridized carbons (Fsp3) is 0.500.